The van der Waals surface area contributed by atoms with Crippen molar-refractivity contribution in [3.05, 3.63) is 0 Å². The second-order valence-electron chi connectivity index (χ2n) is 4.14. The Bertz CT molecular complexity index is 140. The molecular formula is C11H20O. The van der Waals surface area contributed by atoms with E-state index in [1.807, 2.05) is 0 Å². The Hall–Kier alpha value is -0.330. The van der Waals surface area contributed by atoms with Crippen LogP contribution in [0.5, 0.6) is 0 Å². The van der Waals surface area contributed by atoms with E-state index in [0.717, 1.165) is 31.6 Å². The molecule has 1 aliphatic carbocycles. The van der Waals surface area contributed by atoms with E-state index in [9.17, 15) is 4.79 Å². The number of carbonyl (C=O) groups is 1. The fraction of sp³-hybridized carbons (Fsp3) is 0.909. The fourth-order valence-electron chi connectivity index (χ4n) is 1.85. The molecule has 0 aliphatic heterocycles. The Kier molecular flexibility index (Phi) is 4.34. The standard InChI is InChI=1S/C11H20O/c1-10-6-4-2-3-5-7-11(12)9-8-10/h10H,2-9H2,1H3. The van der Waals surface area contributed by atoms with Crippen LogP contribution in [0.3, 0.4) is 0 Å². The van der Waals surface area contributed by atoms with Gasteiger partial charge in [-0.15, -0.1) is 0 Å². The van der Waals surface area contributed by atoms with E-state index in [4.69, 9.17) is 0 Å². The molecule has 0 N–H and O–H groups in total. The van der Waals surface area contributed by atoms with Gasteiger partial charge in [0.25, 0.3) is 0 Å². The highest BCUT2D eigenvalue weighted by Crippen LogP contribution is 2.19. The monoisotopic (exact) mass is 168 g/mol. The summed E-state index contributed by atoms with van der Waals surface area (Å²) in [7, 11) is 0. The van der Waals surface area contributed by atoms with Crippen LogP contribution in [0.4, 0.5) is 0 Å². The lowest BCUT2D eigenvalue weighted by atomic mass is 9.93. The van der Waals surface area contributed by atoms with Crippen molar-refractivity contribution in [3.63, 3.8) is 0 Å². The van der Waals surface area contributed by atoms with E-state index >= 15 is 0 Å². The largest absolute Gasteiger partial charge is 0.300 e. The minimum atomic E-state index is 0.490. The van der Waals surface area contributed by atoms with Crippen LogP contribution < -0.4 is 0 Å². The number of carbonyl (C=O) groups excluding carboxylic acids is 1. The third-order valence-corrected chi connectivity index (χ3v) is 2.82. The van der Waals surface area contributed by atoms with Gasteiger partial charge in [-0.3, -0.25) is 4.79 Å². The van der Waals surface area contributed by atoms with Gasteiger partial charge in [0.15, 0.2) is 0 Å². The van der Waals surface area contributed by atoms with Crippen LogP contribution in [-0.4, -0.2) is 5.78 Å². The van der Waals surface area contributed by atoms with E-state index in [0.29, 0.717) is 5.78 Å². The average Bonchev–Trinajstić information content (AvgIpc) is 2.07. The SMILES string of the molecule is CC1CCCCCCC(=O)CC1. The molecule has 70 valence electrons. The zero-order valence-electron chi connectivity index (χ0n) is 8.14. The molecule has 1 aliphatic rings. The highest BCUT2D eigenvalue weighted by Gasteiger charge is 2.08. The Labute approximate surface area is 75.5 Å². The predicted molar refractivity (Wildman–Crippen MR) is 51.1 cm³/mol. The molecule has 0 aromatic carbocycles. The van der Waals surface area contributed by atoms with Crippen molar-refractivity contribution in [2.75, 3.05) is 0 Å². The summed E-state index contributed by atoms with van der Waals surface area (Å²) in [4.78, 5) is 11.2. The van der Waals surface area contributed by atoms with E-state index in [1.54, 1.807) is 0 Å². The zero-order valence-corrected chi connectivity index (χ0v) is 8.14. The van der Waals surface area contributed by atoms with Crippen molar-refractivity contribution in [2.45, 2.75) is 58.3 Å². The molecule has 0 amide bonds. The highest BCUT2D eigenvalue weighted by molar-refractivity contribution is 5.78. The summed E-state index contributed by atoms with van der Waals surface area (Å²) >= 11 is 0. The van der Waals surface area contributed by atoms with Gasteiger partial charge in [-0.1, -0.05) is 32.6 Å². The molecular weight excluding hydrogens is 148 g/mol. The molecule has 1 saturated carbocycles. The summed E-state index contributed by atoms with van der Waals surface area (Å²) in [5, 5.41) is 0. The summed E-state index contributed by atoms with van der Waals surface area (Å²) < 4.78 is 0. The zero-order chi connectivity index (χ0) is 8.81. The quantitative estimate of drug-likeness (QED) is 0.542. The van der Waals surface area contributed by atoms with Crippen LogP contribution in [0.2, 0.25) is 0 Å². The molecule has 1 heteroatoms. The molecule has 12 heavy (non-hydrogen) atoms. The molecule has 1 atom stereocenters. The van der Waals surface area contributed by atoms with Gasteiger partial charge < -0.3 is 0 Å². The normalized spacial score (nSPS) is 28.4. The van der Waals surface area contributed by atoms with Gasteiger partial charge in [0.2, 0.25) is 0 Å². The number of hydrogen-bond acceptors (Lipinski definition) is 1. The Balaban J connectivity index is 2.27. The van der Waals surface area contributed by atoms with Gasteiger partial charge in [0.05, 0.1) is 0 Å². The molecule has 0 saturated heterocycles. The van der Waals surface area contributed by atoms with Crippen molar-refractivity contribution < 1.29 is 4.79 Å². The maximum Gasteiger partial charge on any atom is 0.132 e. The number of Topliss-reactive ketones (excluding diaryl/α,β-unsaturated/α-hetero) is 1. The van der Waals surface area contributed by atoms with Crippen molar-refractivity contribution in [1.29, 1.82) is 0 Å². The molecule has 0 spiro atoms. The molecule has 1 unspecified atom stereocenters. The molecule has 1 fully saturated rings. The lowest BCUT2D eigenvalue weighted by molar-refractivity contribution is -0.119. The molecule has 0 aromatic heterocycles. The maximum atomic E-state index is 11.2. The first-order chi connectivity index (χ1) is 5.79. The molecule has 0 bridgehead atoms. The first kappa shape index (κ1) is 9.76. The second-order valence-corrected chi connectivity index (χ2v) is 4.14. The maximum absolute atomic E-state index is 11.2. The predicted octanol–water partition coefficient (Wildman–Crippen LogP) is 3.33. The van der Waals surface area contributed by atoms with Crippen molar-refractivity contribution in [3.8, 4) is 0 Å². The van der Waals surface area contributed by atoms with Crippen LogP contribution in [0.25, 0.3) is 0 Å². The van der Waals surface area contributed by atoms with Gasteiger partial charge in [-0.25, -0.2) is 0 Å². The summed E-state index contributed by atoms with van der Waals surface area (Å²) in [5.41, 5.74) is 0. The van der Waals surface area contributed by atoms with E-state index in [2.05, 4.69) is 6.92 Å². The second kappa shape index (κ2) is 5.34. The van der Waals surface area contributed by atoms with E-state index in [1.165, 1.54) is 25.7 Å². The topological polar surface area (TPSA) is 17.1 Å². The van der Waals surface area contributed by atoms with Crippen LogP contribution in [0.1, 0.15) is 58.3 Å². The minimum Gasteiger partial charge on any atom is -0.300 e. The Morgan fingerprint density at radius 3 is 2.58 bits per heavy atom. The molecule has 0 radical (unpaired) electrons. The van der Waals surface area contributed by atoms with Gasteiger partial charge in [0, 0.05) is 12.8 Å². The van der Waals surface area contributed by atoms with Crippen LogP contribution in [-0.2, 0) is 4.79 Å². The minimum absolute atomic E-state index is 0.490. The first-order valence-electron chi connectivity index (χ1n) is 5.31. The summed E-state index contributed by atoms with van der Waals surface area (Å²) in [6.45, 7) is 2.27. The fourth-order valence-corrected chi connectivity index (χ4v) is 1.85. The highest BCUT2D eigenvalue weighted by atomic mass is 16.1. The van der Waals surface area contributed by atoms with E-state index in [-0.39, 0.29) is 0 Å². The number of ketones is 1. The van der Waals surface area contributed by atoms with Gasteiger partial charge in [-0.2, -0.15) is 0 Å². The molecule has 1 rings (SSSR count). The summed E-state index contributed by atoms with van der Waals surface area (Å²) in [6, 6.07) is 0. The van der Waals surface area contributed by atoms with Crippen LogP contribution in [0, 0.1) is 5.92 Å². The third kappa shape index (κ3) is 3.89. The smallest absolute Gasteiger partial charge is 0.132 e. The van der Waals surface area contributed by atoms with Crippen molar-refractivity contribution >= 4 is 5.78 Å². The third-order valence-electron chi connectivity index (χ3n) is 2.82. The van der Waals surface area contributed by atoms with E-state index < -0.39 is 0 Å². The van der Waals surface area contributed by atoms with Gasteiger partial charge in [0.1, 0.15) is 5.78 Å². The Morgan fingerprint density at radius 1 is 1.00 bits per heavy atom. The number of hydrogen-bond donors (Lipinski definition) is 0. The molecule has 1 nitrogen and oxygen atoms in total. The average molecular weight is 168 g/mol. The summed E-state index contributed by atoms with van der Waals surface area (Å²) in [6.07, 6.45) is 9.22. The first-order valence-corrected chi connectivity index (χ1v) is 5.31. The van der Waals surface area contributed by atoms with Crippen molar-refractivity contribution in [2.24, 2.45) is 5.92 Å². The van der Waals surface area contributed by atoms with Gasteiger partial charge in [-0.05, 0) is 18.8 Å². The van der Waals surface area contributed by atoms with Gasteiger partial charge >= 0.3 is 0 Å². The number of rotatable bonds is 0. The summed E-state index contributed by atoms with van der Waals surface area (Å²) in [5.74, 6) is 1.26. The lowest BCUT2D eigenvalue weighted by Crippen LogP contribution is -2.04. The molecule has 0 heterocycles. The van der Waals surface area contributed by atoms with Crippen LogP contribution >= 0.6 is 0 Å². The van der Waals surface area contributed by atoms with Crippen LogP contribution in [0.15, 0.2) is 0 Å². The Morgan fingerprint density at radius 2 is 1.75 bits per heavy atom. The molecule has 0 aromatic rings. The van der Waals surface area contributed by atoms with Crippen molar-refractivity contribution in [1.82, 2.24) is 0 Å². The lowest BCUT2D eigenvalue weighted by Gasteiger charge is -2.12.